The summed E-state index contributed by atoms with van der Waals surface area (Å²) >= 11 is 1.53. The molecule has 4 aromatic rings. The molecule has 0 spiro atoms. The molecule has 15 heteroatoms. The fraction of sp³-hybridized carbons (Fsp3) is 0.510. The molecule has 2 aromatic heterocycles. The van der Waals surface area contributed by atoms with Gasteiger partial charge >= 0.3 is 0 Å². The van der Waals surface area contributed by atoms with Crippen LogP contribution in [0.3, 0.4) is 0 Å². The zero-order valence-corrected chi connectivity index (χ0v) is 37.7. The number of carbonyl (C=O) groups is 4. The summed E-state index contributed by atoms with van der Waals surface area (Å²) in [7, 11) is 0. The number of halogens is 1. The van der Waals surface area contributed by atoms with Crippen LogP contribution in [0.15, 0.2) is 66.2 Å². The zero-order valence-electron chi connectivity index (χ0n) is 36.9. The number of carbonyl (C=O) groups excluding carboxylic acids is 4. The van der Waals surface area contributed by atoms with E-state index in [9.17, 15) is 23.6 Å². The highest BCUT2D eigenvalue weighted by molar-refractivity contribution is 7.13. The maximum atomic E-state index is 14.7. The third-order valence-corrected chi connectivity index (χ3v) is 15.0. The summed E-state index contributed by atoms with van der Waals surface area (Å²) < 4.78 is 14.7. The number of likely N-dealkylation sites (tertiary alicyclic amines) is 2. The van der Waals surface area contributed by atoms with Crippen LogP contribution in [0.4, 0.5) is 21.0 Å². The van der Waals surface area contributed by atoms with E-state index in [2.05, 4.69) is 59.5 Å². The second-order valence-electron chi connectivity index (χ2n) is 18.4. The topological polar surface area (TPSA) is 134 Å². The molecular formula is C49H60FN9O4S. The quantitative estimate of drug-likeness (QED) is 0.160. The maximum absolute atomic E-state index is 14.7. The van der Waals surface area contributed by atoms with Crippen LogP contribution >= 0.6 is 11.3 Å². The monoisotopic (exact) mass is 889 g/mol. The van der Waals surface area contributed by atoms with E-state index in [1.54, 1.807) is 36.2 Å². The average molecular weight is 890 g/mol. The predicted octanol–water partition coefficient (Wildman–Crippen LogP) is 6.54. The molecule has 4 amide bonds. The molecule has 2 aromatic carbocycles. The molecule has 13 nitrogen and oxygen atoms in total. The van der Waals surface area contributed by atoms with Crippen LogP contribution in [0.2, 0.25) is 0 Å². The lowest BCUT2D eigenvalue weighted by Gasteiger charge is -2.40. The molecule has 2 N–H and O–H groups in total. The highest BCUT2D eigenvalue weighted by Gasteiger charge is 2.34. The molecule has 5 fully saturated rings. The Kier molecular flexibility index (Phi) is 13.7. The fourth-order valence-corrected chi connectivity index (χ4v) is 11.0. The van der Waals surface area contributed by atoms with Crippen LogP contribution in [0, 0.1) is 24.6 Å². The van der Waals surface area contributed by atoms with Gasteiger partial charge in [0.15, 0.2) is 5.13 Å². The lowest BCUT2D eigenvalue weighted by atomic mass is 9.87. The largest absolute Gasteiger partial charge is 0.372 e. The van der Waals surface area contributed by atoms with Crippen LogP contribution < -0.4 is 15.5 Å². The number of pyridine rings is 1. The Morgan fingerprint density at radius 2 is 1.56 bits per heavy atom. The Hall–Kier alpha value is -5.25. The maximum Gasteiger partial charge on any atom is 0.256 e. The first-order chi connectivity index (χ1) is 31.1. The van der Waals surface area contributed by atoms with E-state index in [0.29, 0.717) is 68.9 Å². The zero-order chi connectivity index (χ0) is 44.2. The van der Waals surface area contributed by atoms with Crippen LogP contribution in [0.25, 0.3) is 0 Å². The number of piperidine rings is 4. The standard InChI is InChI=1S/C49H60FN9O4S/c1-33-3-2-4-42(45(33)50)48(63)59-26-24-56(25-27-59)32-39-29-38(30-43(52-39)53-49-51-17-28-64-49)35-15-22-58(23-16-35)47(62)37-13-18-55(19-14-37)31-34-11-20-57(21-12-34)40-7-5-36(6-8-40)41-9-10-44(60)54-46(41)61/h2-8,17,28-30,34-35,37,41H,9-16,18-27,31-32H2,1H3,(H,51,52,53)(H,54,60,61)/t41-/m1/s1. The Bertz CT molecular complexity index is 2280. The highest BCUT2D eigenvalue weighted by Crippen LogP contribution is 2.34. The number of thiazole rings is 1. The van der Waals surface area contributed by atoms with Crippen molar-refractivity contribution in [2.24, 2.45) is 11.8 Å². The van der Waals surface area contributed by atoms with Gasteiger partial charge in [-0.25, -0.2) is 14.4 Å². The van der Waals surface area contributed by atoms with E-state index in [1.165, 1.54) is 22.6 Å². The third-order valence-electron chi connectivity index (χ3n) is 14.3. The van der Waals surface area contributed by atoms with Crippen molar-refractivity contribution >= 4 is 51.6 Å². The van der Waals surface area contributed by atoms with E-state index >= 15 is 0 Å². The van der Waals surface area contributed by atoms with Gasteiger partial charge in [0, 0.05) is 95.1 Å². The first kappa shape index (κ1) is 44.0. The predicted molar refractivity (Wildman–Crippen MR) is 246 cm³/mol. The number of nitrogens with one attached hydrogen (secondary N) is 2. The molecule has 5 aliphatic heterocycles. The first-order valence-corrected chi connectivity index (χ1v) is 24.2. The van der Waals surface area contributed by atoms with E-state index in [1.807, 2.05) is 17.5 Å². The minimum absolute atomic E-state index is 0.0889. The number of hydrogen-bond donors (Lipinski definition) is 2. The number of aromatic nitrogens is 2. The molecule has 0 radical (unpaired) electrons. The molecule has 1 atom stereocenters. The molecule has 5 saturated heterocycles. The lowest BCUT2D eigenvalue weighted by molar-refractivity contribution is -0.138. The molecule has 9 rings (SSSR count). The van der Waals surface area contributed by atoms with Crippen LogP contribution in [0.5, 0.6) is 0 Å². The molecular weight excluding hydrogens is 830 g/mol. The summed E-state index contributed by atoms with van der Waals surface area (Å²) in [5.74, 6) is 0.800. The lowest BCUT2D eigenvalue weighted by Crippen LogP contribution is -2.48. The molecule has 7 heterocycles. The summed E-state index contributed by atoms with van der Waals surface area (Å²) in [5, 5.41) is 8.61. The van der Waals surface area contributed by atoms with Gasteiger partial charge in [0.25, 0.3) is 5.91 Å². The summed E-state index contributed by atoms with van der Waals surface area (Å²) in [4.78, 5) is 71.6. The van der Waals surface area contributed by atoms with Crippen LogP contribution in [-0.4, -0.2) is 125 Å². The minimum Gasteiger partial charge on any atom is -0.372 e. The highest BCUT2D eigenvalue weighted by atomic mass is 32.1. The summed E-state index contributed by atoms with van der Waals surface area (Å²) in [6.07, 6.45) is 8.66. The molecule has 0 bridgehead atoms. The van der Waals surface area contributed by atoms with Crippen molar-refractivity contribution in [2.45, 2.75) is 76.7 Å². The Labute approximate surface area is 379 Å². The Balaban J connectivity index is 0.728. The van der Waals surface area contributed by atoms with Crippen molar-refractivity contribution in [3.05, 3.63) is 99.9 Å². The number of rotatable bonds is 11. The molecule has 0 saturated carbocycles. The van der Waals surface area contributed by atoms with Gasteiger partial charge in [-0.15, -0.1) is 11.3 Å². The van der Waals surface area contributed by atoms with Gasteiger partial charge < -0.3 is 24.9 Å². The number of imide groups is 1. The van der Waals surface area contributed by atoms with Gasteiger partial charge in [-0.1, -0.05) is 24.3 Å². The number of piperazine rings is 1. The number of benzene rings is 2. The van der Waals surface area contributed by atoms with Gasteiger partial charge in [0.2, 0.25) is 17.7 Å². The third kappa shape index (κ3) is 10.3. The van der Waals surface area contributed by atoms with E-state index < -0.39 is 5.82 Å². The van der Waals surface area contributed by atoms with Gasteiger partial charge in [0.05, 0.1) is 17.2 Å². The number of aryl methyl sites for hydroxylation is 1. The molecule has 64 heavy (non-hydrogen) atoms. The van der Waals surface area contributed by atoms with E-state index in [0.717, 1.165) is 107 Å². The molecule has 5 aliphatic rings. The molecule has 0 aliphatic carbocycles. The number of amides is 4. The number of anilines is 3. The van der Waals surface area contributed by atoms with Crippen LogP contribution in [-0.2, 0) is 20.9 Å². The second kappa shape index (κ2) is 19.9. The van der Waals surface area contributed by atoms with Crippen molar-refractivity contribution in [1.29, 1.82) is 0 Å². The summed E-state index contributed by atoms with van der Waals surface area (Å²) in [6, 6.07) is 17.7. The van der Waals surface area contributed by atoms with Crippen molar-refractivity contribution in [1.82, 2.24) is 34.9 Å². The Morgan fingerprint density at radius 1 is 0.812 bits per heavy atom. The van der Waals surface area contributed by atoms with Crippen LogP contribution in [0.1, 0.15) is 95.9 Å². The van der Waals surface area contributed by atoms with Gasteiger partial charge in [-0.3, -0.25) is 29.4 Å². The van der Waals surface area contributed by atoms with Gasteiger partial charge in [0.1, 0.15) is 11.6 Å². The second-order valence-corrected chi connectivity index (χ2v) is 19.3. The van der Waals surface area contributed by atoms with Gasteiger partial charge in [-0.05, 0) is 124 Å². The van der Waals surface area contributed by atoms with E-state index in [4.69, 9.17) is 4.98 Å². The fourth-order valence-electron chi connectivity index (χ4n) is 10.4. The van der Waals surface area contributed by atoms with Crippen molar-refractivity contribution in [2.75, 3.05) is 82.2 Å². The van der Waals surface area contributed by atoms with Crippen molar-refractivity contribution in [3.8, 4) is 0 Å². The van der Waals surface area contributed by atoms with E-state index in [-0.39, 0.29) is 35.1 Å². The smallest absolute Gasteiger partial charge is 0.256 e. The average Bonchev–Trinajstić information content (AvgIpc) is 3.83. The SMILES string of the molecule is Cc1cccc(C(=O)N2CCN(Cc3cc(C4CCN(C(=O)C5CCN(CC6CCN(c7ccc([C@H]8CCC(=O)NC8=O)cc7)CC6)CC5)CC4)cc(Nc4nccs4)n3)CC2)c1F. The first-order valence-electron chi connectivity index (χ1n) is 23.3. The molecule has 338 valence electrons. The van der Waals surface area contributed by atoms with Gasteiger partial charge in [-0.2, -0.15) is 0 Å². The minimum atomic E-state index is -0.441. The molecule has 0 unspecified atom stereocenters. The number of nitrogens with zero attached hydrogens (tertiary/aromatic N) is 7. The van der Waals surface area contributed by atoms with Crippen molar-refractivity contribution < 1.29 is 23.6 Å². The van der Waals surface area contributed by atoms with Crippen molar-refractivity contribution in [3.63, 3.8) is 0 Å². The summed E-state index contributed by atoms with van der Waals surface area (Å²) in [5.41, 5.74) is 4.95. The Morgan fingerprint density at radius 3 is 2.27 bits per heavy atom. The number of hydrogen-bond acceptors (Lipinski definition) is 11. The normalized spacial score (nSPS) is 21.3. The summed E-state index contributed by atoms with van der Waals surface area (Å²) in [6.45, 7) is 11.3.